The number of nitrogens with zero attached hydrogens (tertiary/aromatic N) is 1. The Morgan fingerprint density at radius 2 is 2.53 bits per heavy atom. The molecule has 0 spiro atoms. The molecule has 0 amide bonds. The average Bonchev–Trinajstić information content (AvgIpc) is 2.83. The van der Waals surface area contributed by atoms with Crippen molar-refractivity contribution in [2.24, 2.45) is 5.73 Å². The van der Waals surface area contributed by atoms with Gasteiger partial charge in [-0.1, -0.05) is 12.2 Å². The predicted molar refractivity (Wildman–Crippen MR) is 72.2 cm³/mol. The van der Waals surface area contributed by atoms with E-state index in [1.54, 1.807) is 6.20 Å². The number of nitrogens with one attached hydrogen (secondary N) is 1. The fourth-order valence-electron chi connectivity index (χ4n) is 2.02. The fourth-order valence-corrected chi connectivity index (χ4v) is 2.19. The third-order valence-corrected chi connectivity index (χ3v) is 3.18. The van der Waals surface area contributed by atoms with Gasteiger partial charge in [-0.15, -0.1) is 0 Å². The first-order chi connectivity index (χ1) is 8.18. The van der Waals surface area contributed by atoms with Crippen LogP contribution in [0.3, 0.4) is 0 Å². The highest BCUT2D eigenvalue weighted by atomic mass is 32.1. The van der Waals surface area contributed by atoms with Crippen LogP contribution in [0.2, 0.25) is 0 Å². The highest BCUT2D eigenvalue weighted by Gasteiger charge is 2.23. The first-order valence-electron chi connectivity index (χ1n) is 5.81. The van der Waals surface area contributed by atoms with Crippen molar-refractivity contribution in [3.05, 3.63) is 23.9 Å². The van der Waals surface area contributed by atoms with Crippen molar-refractivity contribution < 1.29 is 4.74 Å². The number of thiocarbonyl (C=S) groups is 1. The van der Waals surface area contributed by atoms with Crippen LogP contribution in [-0.2, 0) is 4.74 Å². The molecule has 2 atom stereocenters. The van der Waals surface area contributed by atoms with E-state index in [2.05, 4.69) is 17.2 Å². The van der Waals surface area contributed by atoms with Gasteiger partial charge >= 0.3 is 0 Å². The van der Waals surface area contributed by atoms with Crippen LogP contribution in [0.25, 0.3) is 0 Å². The highest BCUT2D eigenvalue weighted by molar-refractivity contribution is 7.80. The molecule has 2 unspecified atom stereocenters. The Balaban J connectivity index is 2.09. The van der Waals surface area contributed by atoms with Gasteiger partial charge in [-0.2, -0.15) is 0 Å². The van der Waals surface area contributed by atoms with Crippen LogP contribution in [0.1, 0.15) is 25.3 Å². The van der Waals surface area contributed by atoms with Crippen LogP contribution in [0.15, 0.2) is 18.3 Å². The van der Waals surface area contributed by atoms with E-state index >= 15 is 0 Å². The van der Waals surface area contributed by atoms with Gasteiger partial charge in [-0.3, -0.25) is 0 Å². The SMILES string of the molecule is CC(Nc1ncccc1C(N)=S)C1CCCO1. The van der Waals surface area contributed by atoms with Gasteiger partial charge in [0.1, 0.15) is 10.8 Å². The lowest BCUT2D eigenvalue weighted by atomic mass is 10.1. The second-order valence-electron chi connectivity index (χ2n) is 4.25. The van der Waals surface area contributed by atoms with Gasteiger partial charge in [0.2, 0.25) is 0 Å². The van der Waals surface area contributed by atoms with Crippen LogP contribution < -0.4 is 11.1 Å². The van der Waals surface area contributed by atoms with Crippen molar-refractivity contribution >= 4 is 23.0 Å². The van der Waals surface area contributed by atoms with Crippen LogP contribution in [0.4, 0.5) is 5.82 Å². The molecule has 0 bridgehead atoms. The maximum Gasteiger partial charge on any atom is 0.136 e. The number of nitrogens with two attached hydrogens (primary N) is 1. The Kier molecular flexibility index (Phi) is 3.91. The fraction of sp³-hybridized carbons (Fsp3) is 0.500. The zero-order valence-electron chi connectivity index (χ0n) is 9.85. The normalized spacial score (nSPS) is 21.1. The topological polar surface area (TPSA) is 60.2 Å². The molecule has 2 rings (SSSR count). The molecular formula is C12H17N3OS. The maximum atomic E-state index is 5.66. The largest absolute Gasteiger partial charge is 0.389 e. The Bertz CT molecular complexity index is 404. The first-order valence-corrected chi connectivity index (χ1v) is 6.22. The minimum absolute atomic E-state index is 0.209. The summed E-state index contributed by atoms with van der Waals surface area (Å²) in [6.07, 6.45) is 4.19. The summed E-state index contributed by atoms with van der Waals surface area (Å²) in [7, 11) is 0. The monoisotopic (exact) mass is 251 g/mol. The predicted octanol–water partition coefficient (Wildman–Crippen LogP) is 1.70. The standard InChI is InChI=1S/C12H17N3OS/c1-8(10-5-3-7-16-10)15-12-9(11(13)17)4-2-6-14-12/h2,4,6,8,10H,3,5,7H2,1H3,(H2,13,17)(H,14,15). The van der Waals surface area contributed by atoms with Crippen LogP contribution in [0, 0.1) is 0 Å². The molecule has 1 fully saturated rings. The van der Waals surface area contributed by atoms with Gasteiger partial charge in [0.05, 0.1) is 17.7 Å². The van der Waals surface area contributed by atoms with E-state index in [9.17, 15) is 0 Å². The number of pyridine rings is 1. The van der Waals surface area contributed by atoms with Gasteiger partial charge in [-0.25, -0.2) is 4.98 Å². The molecule has 1 aromatic rings. The van der Waals surface area contributed by atoms with Gasteiger partial charge in [0, 0.05) is 12.8 Å². The zero-order valence-corrected chi connectivity index (χ0v) is 10.7. The molecule has 4 nitrogen and oxygen atoms in total. The Morgan fingerprint density at radius 1 is 1.71 bits per heavy atom. The summed E-state index contributed by atoms with van der Waals surface area (Å²) >= 11 is 5.00. The molecule has 17 heavy (non-hydrogen) atoms. The smallest absolute Gasteiger partial charge is 0.136 e. The molecular weight excluding hydrogens is 234 g/mol. The molecule has 0 aromatic carbocycles. The third-order valence-electron chi connectivity index (χ3n) is 2.96. The van der Waals surface area contributed by atoms with Gasteiger partial charge in [0.15, 0.2) is 0 Å². The summed E-state index contributed by atoms with van der Waals surface area (Å²) < 4.78 is 5.63. The van der Waals surface area contributed by atoms with E-state index in [-0.39, 0.29) is 12.1 Å². The van der Waals surface area contributed by atoms with E-state index in [0.717, 1.165) is 30.8 Å². The minimum atomic E-state index is 0.209. The Labute approximate surface area is 107 Å². The van der Waals surface area contributed by atoms with Crippen LogP contribution in [0.5, 0.6) is 0 Å². The zero-order chi connectivity index (χ0) is 12.3. The van der Waals surface area contributed by atoms with E-state index in [0.29, 0.717) is 4.99 Å². The maximum absolute atomic E-state index is 5.66. The third kappa shape index (κ3) is 2.92. The molecule has 1 saturated heterocycles. The molecule has 2 heterocycles. The van der Waals surface area contributed by atoms with Crippen molar-refractivity contribution in [3.63, 3.8) is 0 Å². The number of anilines is 1. The molecule has 1 aromatic heterocycles. The second kappa shape index (κ2) is 5.42. The lowest BCUT2D eigenvalue weighted by molar-refractivity contribution is 0.0995. The highest BCUT2D eigenvalue weighted by Crippen LogP contribution is 2.20. The molecule has 1 aliphatic rings. The van der Waals surface area contributed by atoms with Gasteiger partial charge in [0.25, 0.3) is 0 Å². The number of hydrogen-bond donors (Lipinski definition) is 2. The van der Waals surface area contributed by atoms with Crippen molar-refractivity contribution in [2.45, 2.75) is 31.9 Å². The molecule has 0 aliphatic carbocycles. The van der Waals surface area contributed by atoms with Gasteiger partial charge in [-0.05, 0) is 31.9 Å². The van der Waals surface area contributed by atoms with Gasteiger partial charge < -0.3 is 15.8 Å². The number of aromatic nitrogens is 1. The van der Waals surface area contributed by atoms with E-state index < -0.39 is 0 Å². The van der Waals surface area contributed by atoms with E-state index in [4.69, 9.17) is 22.7 Å². The summed E-state index contributed by atoms with van der Waals surface area (Å²) in [4.78, 5) is 4.64. The average molecular weight is 251 g/mol. The van der Waals surface area contributed by atoms with Crippen molar-refractivity contribution in [1.29, 1.82) is 0 Å². The van der Waals surface area contributed by atoms with Crippen molar-refractivity contribution in [3.8, 4) is 0 Å². The summed E-state index contributed by atoms with van der Waals surface area (Å²) in [6.45, 7) is 2.94. The molecule has 3 N–H and O–H groups in total. The molecule has 0 saturated carbocycles. The number of rotatable bonds is 4. The van der Waals surface area contributed by atoms with Crippen LogP contribution >= 0.6 is 12.2 Å². The molecule has 92 valence electrons. The summed E-state index contributed by atoms with van der Waals surface area (Å²) in [5.74, 6) is 0.739. The van der Waals surface area contributed by atoms with E-state index in [1.165, 1.54) is 0 Å². The Morgan fingerprint density at radius 3 is 3.18 bits per heavy atom. The second-order valence-corrected chi connectivity index (χ2v) is 4.69. The molecule has 0 radical (unpaired) electrons. The molecule has 5 heteroatoms. The van der Waals surface area contributed by atoms with Crippen molar-refractivity contribution in [2.75, 3.05) is 11.9 Å². The minimum Gasteiger partial charge on any atom is -0.389 e. The summed E-state index contributed by atoms with van der Waals surface area (Å²) in [6, 6.07) is 3.91. The quantitative estimate of drug-likeness (QED) is 0.798. The van der Waals surface area contributed by atoms with Crippen molar-refractivity contribution in [1.82, 2.24) is 4.98 Å². The summed E-state index contributed by atoms with van der Waals surface area (Å²) in [5.41, 5.74) is 6.45. The lowest BCUT2D eigenvalue weighted by Crippen LogP contribution is -2.31. The Hall–Kier alpha value is -1.20. The summed E-state index contributed by atoms with van der Waals surface area (Å²) in [5, 5.41) is 3.33. The lowest BCUT2D eigenvalue weighted by Gasteiger charge is -2.21. The molecule has 1 aliphatic heterocycles. The first kappa shape index (κ1) is 12.3. The number of hydrogen-bond acceptors (Lipinski definition) is 4. The van der Waals surface area contributed by atoms with Crippen LogP contribution in [-0.4, -0.2) is 28.7 Å². The number of ether oxygens (including phenoxy) is 1. The van der Waals surface area contributed by atoms with E-state index in [1.807, 2.05) is 12.1 Å².